The first-order valence-electron chi connectivity index (χ1n) is 10.5. The highest BCUT2D eigenvalue weighted by Crippen LogP contribution is 2.34. The van der Waals surface area contributed by atoms with Crippen LogP contribution in [0, 0.1) is 13.8 Å². The van der Waals surface area contributed by atoms with Crippen LogP contribution in [0.5, 0.6) is 11.5 Å². The molecule has 6 heteroatoms. The highest BCUT2D eigenvalue weighted by atomic mass is 16.7. The van der Waals surface area contributed by atoms with Crippen LogP contribution in [0.4, 0.5) is 0 Å². The number of aromatic nitrogens is 2. The smallest absolute Gasteiger partial charge is 0.251 e. The van der Waals surface area contributed by atoms with Gasteiger partial charge < -0.3 is 14.8 Å². The summed E-state index contributed by atoms with van der Waals surface area (Å²) in [7, 11) is 0. The zero-order valence-electron chi connectivity index (χ0n) is 17.7. The Morgan fingerprint density at radius 1 is 1.10 bits per heavy atom. The summed E-state index contributed by atoms with van der Waals surface area (Å²) in [5.41, 5.74) is 5.29. The molecule has 0 saturated carbocycles. The molecule has 2 atom stereocenters. The number of allylic oxidation sites excluding steroid dienone is 1. The van der Waals surface area contributed by atoms with Crippen LogP contribution in [0.1, 0.15) is 45.2 Å². The number of hydrogen-bond donors (Lipinski definition) is 1. The summed E-state index contributed by atoms with van der Waals surface area (Å²) in [6, 6.07) is 15.6. The van der Waals surface area contributed by atoms with E-state index in [4.69, 9.17) is 14.6 Å². The van der Waals surface area contributed by atoms with E-state index in [1.54, 1.807) is 18.2 Å². The Bertz CT molecular complexity index is 1150. The molecule has 0 unspecified atom stereocenters. The van der Waals surface area contributed by atoms with Crippen molar-refractivity contribution >= 4 is 5.91 Å². The predicted octanol–water partition coefficient (Wildman–Crippen LogP) is 4.12. The lowest BCUT2D eigenvalue weighted by molar-refractivity contribution is 0.0943. The van der Waals surface area contributed by atoms with Gasteiger partial charge in [-0.2, -0.15) is 5.10 Å². The molecule has 1 N–H and O–H groups in total. The van der Waals surface area contributed by atoms with E-state index in [1.807, 2.05) is 6.07 Å². The maximum absolute atomic E-state index is 12.7. The zero-order valence-corrected chi connectivity index (χ0v) is 17.7. The fourth-order valence-corrected chi connectivity index (χ4v) is 4.47. The zero-order chi connectivity index (χ0) is 21.4. The van der Waals surface area contributed by atoms with Crippen molar-refractivity contribution in [2.75, 3.05) is 6.79 Å². The number of benzene rings is 2. The van der Waals surface area contributed by atoms with Crippen LogP contribution >= 0.6 is 0 Å². The molecule has 31 heavy (non-hydrogen) atoms. The van der Waals surface area contributed by atoms with E-state index >= 15 is 0 Å². The number of carbonyl (C=O) groups is 1. The highest BCUT2D eigenvalue weighted by Gasteiger charge is 2.27. The predicted molar refractivity (Wildman–Crippen MR) is 118 cm³/mol. The van der Waals surface area contributed by atoms with Crippen molar-refractivity contribution in [1.29, 1.82) is 0 Å². The maximum atomic E-state index is 12.7. The number of carbonyl (C=O) groups excluding carboxylic acids is 1. The molecule has 6 nitrogen and oxygen atoms in total. The van der Waals surface area contributed by atoms with Crippen LogP contribution in [0.3, 0.4) is 0 Å². The number of hydrogen-bond acceptors (Lipinski definition) is 4. The Labute approximate surface area is 181 Å². The Hall–Kier alpha value is -3.54. The summed E-state index contributed by atoms with van der Waals surface area (Å²) >= 11 is 0. The molecule has 0 spiro atoms. The van der Waals surface area contributed by atoms with Crippen molar-refractivity contribution < 1.29 is 14.3 Å². The van der Waals surface area contributed by atoms with Gasteiger partial charge in [0.1, 0.15) is 0 Å². The van der Waals surface area contributed by atoms with Gasteiger partial charge in [-0.1, -0.05) is 42.5 Å². The van der Waals surface area contributed by atoms with Crippen molar-refractivity contribution in [1.82, 2.24) is 15.1 Å². The van der Waals surface area contributed by atoms with Crippen LogP contribution < -0.4 is 14.8 Å². The first kappa shape index (κ1) is 19.4. The minimum atomic E-state index is -0.109. The summed E-state index contributed by atoms with van der Waals surface area (Å²) in [4.78, 5) is 12.7. The summed E-state index contributed by atoms with van der Waals surface area (Å²) in [5.74, 6) is 1.42. The number of amides is 1. The van der Waals surface area contributed by atoms with Gasteiger partial charge in [-0.05, 0) is 44.0 Å². The second kappa shape index (κ2) is 7.95. The minimum absolute atomic E-state index is 0.0146. The summed E-state index contributed by atoms with van der Waals surface area (Å²) in [6.07, 6.45) is 5.10. The van der Waals surface area contributed by atoms with E-state index in [1.165, 1.54) is 16.8 Å². The summed E-state index contributed by atoms with van der Waals surface area (Å²) in [5, 5.41) is 7.91. The van der Waals surface area contributed by atoms with Crippen LogP contribution in [0.25, 0.3) is 0 Å². The fourth-order valence-electron chi connectivity index (χ4n) is 4.47. The largest absolute Gasteiger partial charge is 0.454 e. The van der Waals surface area contributed by atoms with Gasteiger partial charge in [0.25, 0.3) is 5.91 Å². The van der Waals surface area contributed by atoms with Gasteiger partial charge >= 0.3 is 0 Å². The molecule has 2 heterocycles. The van der Waals surface area contributed by atoms with Gasteiger partial charge in [0, 0.05) is 28.8 Å². The number of ether oxygens (including phenoxy) is 2. The minimum Gasteiger partial charge on any atom is -0.454 e. The van der Waals surface area contributed by atoms with Crippen LogP contribution in [0.2, 0.25) is 0 Å². The Balaban J connectivity index is 1.27. The molecule has 1 aromatic heterocycles. The Morgan fingerprint density at radius 2 is 1.90 bits per heavy atom. The fraction of sp³-hybridized carbons (Fsp3) is 0.280. The van der Waals surface area contributed by atoms with Crippen LogP contribution in [-0.4, -0.2) is 28.5 Å². The molecule has 5 rings (SSSR count). The first-order valence-corrected chi connectivity index (χ1v) is 10.5. The lowest BCUT2D eigenvalue weighted by Crippen LogP contribution is -2.32. The molecule has 0 radical (unpaired) electrons. The average molecular weight is 415 g/mol. The van der Waals surface area contributed by atoms with E-state index in [-0.39, 0.29) is 24.7 Å². The quantitative estimate of drug-likeness (QED) is 0.637. The number of fused-ring (bicyclic) bond motifs is 1. The van der Waals surface area contributed by atoms with Crippen LogP contribution in [-0.2, 0) is 6.54 Å². The third-order valence-electron chi connectivity index (χ3n) is 6.02. The molecular formula is C25H25N3O3. The standard InChI is InChI=1S/C25H25N3O3/c1-16-24(17(2)28(27-16)14-18-6-4-3-5-7-18)19-8-10-21(12-19)26-25(29)20-9-11-22-23(13-20)31-15-30-22/h3-11,13,19,21H,12,14-15H2,1-2H3,(H,26,29)/t19-,21+/m0/s1. The van der Waals surface area contributed by atoms with E-state index in [0.717, 1.165) is 18.7 Å². The first-order chi connectivity index (χ1) is 15.1. The molecule has 2 aromatic carbocycles. The van der Waals surface area contributed by atoms with Gasteiger partial charge in [-0.3, -0.25) is 9.48 Å². The second-order valence-corrected chi connectivity index (χ2v) is 8.10. The van der Waals surface area contributed by atoms with Gasteiger partial charge in [0.15, 0.2) is 11.5 Å². The van der Waals surface area contributed by atoms with E-state index in [0.29, 0.717) is 17.1 Å². The summed E-state index contributed by atoms with van der Waals surface area (Å²) < 4.78 is 12.8. The molecular weight excluding hydrogens is 390 g/mol. The Morgan fingerprint density at radius 3 is 2.74 bits per heavy atom. The molecule has 0 bridgehead atoms. The molecule has 1 aliphatic heterocycles. The SMILES string of the molecule is Cc1nn(Cc2ccccc2)c(C)c1[C@H]1C=C[C@@H](NC(=O)c2ccc3c(c2)OCO3)C1. The van der Waals surface area contributed by atoms with E-state index in [9.17, 15) is 4.79 Å². The molecule has 158 valence electrons. The molecule has 1 amide bonds. The number of nitrogens with one attached hydrogen (secondary N) is 1. The molecule has 3 aromatic rings. The van der Waals surface area contributed by atoms with E-state index < -0.39 is 0 Å². The maximum Gasteiger partial charge on any atom is 0.251 e. The van der Waals surface area contributed by atoms with Crippen molar-refractivity contribution in [3.63, 3.8) is 0 Å². The normalized spacial score (nSPS) is 19.0. The Kier molecular flexibility index (Phi) is 4.98. The average Bonchev–Trinajstić information content (AvgIpc) is 3.48. The van der Waals surface area contributed by atoms with Gasteiger partial charge in [0.2, 0.25) is 6.79 Å². The van der Waals surface area contributed by atoms with Crippen molar-refractivity contribution in [3.8, 4) is 11.5 Å². The summed E-state index contributed by atoms with van der Waals surface area (Å²) in [6.45, 7) is 5.15. The topological polar surface area (TPSA) is 65.4 Å². The third-order valence-corrected chi connectivity index (χ3v) is 6.02. The number of nitrogens with zero attached hydrogens (tertiary/aromatic N) is 2. The van der Waals surface area contributed by atoms with Gasteiger partial charge in [0.05, 0.1) is 12.2 Å². The monoisotopic (exact) mass is 415 g/mol. The van der Waals surface area contributed by atoms with Crippen molar-refractivity contribution in [2.45, 2.75) is 38.8 Å². The van der Waals surface area contributed by atoms with E-state index in [2.05, 4.69) is 60.3 Å². The molecule has 0 saturated heterocycles. The lowest BCUT2D eigenvalue weighted by atomic mass is 9.96. The third kappa shape index (κ3) is 3.81. The van der Waals surface area contributed by atoms with Crippen molar-refractivity contribution in [3.05, 3.63) is 88.8 Å². The van der Waals surface area contributed by atoms with Crippen LogP contribution in [0.15, 0.2) is 60.7 Å². The lowest BCUT2D eigenvalue weighted by Gasteiger charge is -2.15. The number of aryl methyl sites for hydroxylation is 1. The van der Waals surface area contributed by atoms with Gasteiger partial charge in [-0.25, -0.2) is 0 Å². The highest BCUT2D eigenvalue weighted by molar-refractivity contribution is 5.95. The molecule has 0 fully saturated rings. The number of rotatable bonds is 5. The molecule has 1 aliphatic carbocycles. The van der Waals surface area contributed by atoms with Crippen molar-refractivity contribution in [2.24, 2.45) is 0 Å². The second-order valence-electron chi connectivity index (χ2n) is 8.10. The van der Waals surface area contributed by atoms with Gasteiger partial charge in [-0.15, -0.1) is 0 Å². The molecule has 2 aliphatic rings.